The zero-order chi connectivity index (χ0) is 12.5. The highest BCUT2D eigenvalue weighted by molar-refractivity contribution is 5.65. The molecule has 0 saturated heterocycles. The predicted octanol–water partition coefficient (Wildman–Crippen LogP) is -0.390. The number of nitrogen functional groups attached to an aromatic ring is 1. The molecule has 1 rings (SSSR count). The summed E-state index contributed by atoms with van der Waals surface area (Å²) in [5.41, 5.74) is 6.58. The van der Waals surface area contributed by atoms with Gasteiger partial charge in [-0.05, 0) is 9.96 Å². The summed E-state index contributed by atoms with van der Waals surface area (Å²) in [6.45, 7) is 0. The highest BCUT2D eigenvalue weighted by atomic mass is 16.7. The van der Waals surface area contributed by atoms with Gasteiger partial charge in [0.25, 0.3) is 0 Å². The number of anilines is 1. The Morgan fingerprint density at radius 3 is 2.12 bits per heavy atom. The molecule has 1 heterocycles. The maximum atomic E-state index is 10.4. The van der Waals surface area contributed by atoms with E-state index >= 15 is 0 Å². The van der Waals surface area contributed by atoms with Gasteiger partial charge in [-0.2, -0.15) is 0 Å². The monoisotopic (exact) mass is 232 g/mol. The van der Waals surface area contributed by atoms with Gasteiger partial charge < -0.3 is 36.1 Å². The molecule has 1 aromatic heterocycles. The lowest BCUT2D eigenvalue weighted by molar-refractivity contribution is -0.442. The van der Waals surface area contributed by atoms with Crippen LogP contribution in [0.1, 0.15) is 0 Å². The third-order valence-corrected chi connectivity index (χ3v) is 1.36. The van der Waals surface area contributed by atoms with Gasteiger partial charge in [-0.3, -0.25) is 0 Å². The molecule has 1 aromatic rings. The van der Waals surface area contributed by atoms with Crippen molar-refractivity contribution in [3.8, 4) is 0 Å². The molecule has 0 aliphatic carbocycles. The first-order valence-electron chi connectivity index (χ1n) is 3.38. The van der Waals surface area contributed by atoms with E-state index in [1.54, 1.807) is 0 Å². The lowest BCUT2D eigenvalue weighted by Gasteiger charge is -2.04. The average Bonchev–Trinajstić information content (AvgIpc) is 2.41. The molecule has 0 aliphatic rings. The lowest BCUT2D eigenvalue weighted by Crippen LogP contribution is -2.06. The van der Waals surface area contributed by atoms with Gasteiger partial charge in [0.1, 0.15) is 0 Å². The number of rotatable bonds is 4. The Kier molecular flexibility index (Phi) is 2.52. The molecule has 0 amide bonds. The van der Waals surface area contributed by atoms with E-state index in [1.807, 2.05) is 0 Å². The van der Waals surface area contributed by atoms with Crippen molar-refractivity contribution in [2.45, 2.75) is 0 Å². The van der Waals surface area contributed by atoms with Gasteiger partial charge in [-0.1, -0.05) is 10.5 Å². The minimum atomic E-state index is -1.30. The van der Waals surface area contributed by atoms with Gasteiger partial charge in [0.2, 0.25) is 5.82 Å². The molecule has 0 spiro atoms. The van der Waals surface area contributed by atoms with Crippen LogP contribution in [0.4, 0.5) is 17.3 Å². The van der Waals surface area contributed by atoms with E-state index in [9.17, 15) is 30.3 Å². The highest BCUT2D eigenvalue weighted by Gasteiger charge is 2.24. The first kappa shape index (κ1) is 11.1. The smallest absolute Gasteiger partial charge is 0.363 e. The van der Waals surface area contributed by atoms with Crippen LogP contribution in [0.5, 0.6) is 0 Å². The maximum Gasteiger partial charge on any atom is 0.363 e. The van der Waals surface area contributed by atoms with Crippen molar-refractivity contribution in [1.82, 2.24) is 9.89 Å². The van der Waals surface area contributed by atoms with Crippen LogP contribution in [-0.2, 0) is 0 Å². The van der Waals surface area contributed by atoms with Crippen molar-refractivity contribution in [2.24, 2.45) is 0 Å². The van der Waals surface area contributed by atoms with Crippen LogP contribution >= 0.6 is 0 Å². The first-order chi connectivity index (χ1) is 7.34. The van der Waals surface area contributed by atoms with E-state index in [0.717, 1.165) is 0 Å². The molecule has 86 valence electrons. The largest absolute Gasteiger partial charge is 0.388 e. The van der Waals surface area contributed by atoms with Crippen LogP contribution < -0.4 is 5.73 Å². The van der Waals surface area contributed by atoms with E-state index in [1.165, 1.54) is 0 Å². The van der Waals surface area contributed by atoms with Gasteiger partial charge in [-0.25, -0.2) is 5.10 Å². The van der Waals surface area contributed by atoms with Crippen molar-refractivity contribution in [1.29, 1.82) is 0 Å². The SMILES string of the molecule is Nc1c([N+](=O)[O-])nn([N-][N+](=O)[O-])c1[N+](=O)[O-]. The third-order valence-electron chi connectivity index (χ3n) is 1.36. The fourth-order valence-corrected chi connectivity index (χ4v) is 0.836. The summed E-state index contributed by atoms with van der Waals surface area (Å²) in [6.07, 6.45) is 0. The number of nitro groups is 3. The van der Waals surface area contributed by atoms with E-state index in [4.69, 9.17) is 5.73 Å². The zero-order valence-corrected chi connectivity index (χ0v) is 7.21. The van der Waals surface area contributed by atoms with Crippen molar-refractivity contribution in [3.05, 3.63) is 35.9 Å². The summed E-state index contributed by atoms with van der Waals surface area (Å²) >= 11 is 0. The molecule has 0 aromatic carbocycles. The molecule has 0 aliphatic heterocycles. The molecule has 13 nitrogen and oxygen atoms in total. The minimum absolute atomic E-state index is 0.118. The van der Waals surface area contributed by atoms with E-state index in [-0.39, 0.29) is 4.79 Å². The second kappa shape index (κ2) is 3.64. The summed E-state index contributed by atoms with van der Waals surface area (Å²) in [6, 6.07) is 0. The van der Waals surface area contributed by atoms with Crippen LogP contribution in [0.15, 0.2) is 0 Å². The van der Waals surface area contributed by atoms with Crippen LogP contribution in [0.2, 0.25) is 0 Å². The van der Waals surface area contributed by atoms with Crippen LogP contribution in [0.3, 0.4) is 0 Å². The average molecular weight is 232 g/mol. The Hall–Kier alpha value is -2.99. The third kappa shape index (κ3) is 1.76. The molecule has 0 saturated carbocycles. The van der Waals surface area contributed by atoms with E-state index < -0.39 is 32.2 Å². The molecule has 0 fully saturated rings. The predicted molar refractivity (Wildman–Crippen MR) is 45.7 cm³/mol. The van der Waals surface area contributed by atoms with Crippen LogP contribution in [0.25, 0.3) is 5.53 Å². The number of hydrogen-bond donors (Lipinski definition) is 1. The molecule has 0 atom stereocenters. The topological polar surface area (TPSA) is 187 Å². The quantitative estimate of drug-likeness (QED) is 0.535. The molecule has 0 bridgehead atoms. The Morgan fingerprint density at radius 2 is 1.75 bits per heavy atom. The molecule has 0 radical (unpaired) electrons. The van der Waals surface area contributed by atoms with E-state index in [2.05, 4.69) is 10.6 Å². The van der Waals surface area contributed by atoms with Crippen LogP contribution in [-0.4, -0.2) is 24.8 Å². The normalized spacial score (nSPS) is 9.75. The van der Waals surface area contributed by atoms with Gasteiger partial charge in [0.15, 0.2) is 5.69 Å². The Labute approximate surface area is 84.8 Å². The van der Waals surface area contributed by atoms with Crippen molar-refractivity contribution < 1.29 is 14.9 Å². The lowest BCUT2D eigenvalue weighted by atomic mass is 10.5. The van der Waals surface area contributed by atoms with Gasteiger partial charge >= 0.3 is 5.82 Å². The zero-order valence-electron chi connectivity index (χ0n) is 7.21. The second-order valence-electron chi connectivity index (χ2n) is 2.29. The van der Waals surface area contributed by atoms with E-state index in [0.29, 0.717) is 0 Å². The summed E-state index contributed by atoms with van der Waals surface area (Å²) < 4.78 is 0. The maximum absolute atomic E-state index is 10.4. The Bertz CT molecular complexity index is 477. The van der Waals surface area contributed by atoms with Gasteiger partial charge in [-0.15, -0.1) is 4.79 Å². The summed E-state index contributed by atoms with van der Waals surface area (Å²) in [4.78, 5) is 28.3. The molecule has 0 unspecified atom stereocenters. The number of nitrogens with zero attached hydrogens (tertiary/aromatic N) is 6. The number of aromatic nitrogens is 2. The summed E-state index contributed by atoms with van der Waals surface area (Å²) in [5.74, 6) is -2.21. The van der Waals surface area contributed by atoms with Crippen molar-refractivity contribution in [3.63, 3.8) is 0 Å². The number of nitrogens with two attached hydrogens (primary N) is 1. The highest BCUT2D eigenvalue weighted by Crippen LogP contribution is 2.31. The van der Waals surface area contributed by atoms with Crippen LogP contribution in [0, 0.1) is 30.3 Å². The first-order valence-corrected chi connectivity index (χ1v) is 3.38. The standard InChI is InChI=1S/C3H2N7O6/c4-1-2(8(11)12)5-7(6-10(15)16)3(1)9(13)14/h4H2/q-1. The summed E-state index contributed by atoms with van der Waals surface area (Å²) in [7, 11) is 0. The van der Waals surface area contributed by atoms with Gasteiger partial charge in [0, 0.05) is 0 Å². The van der Waals surface area contributed by atoms with Crippen molar-refractivity contribution in [2.75, 3.05) is 5.73 Å². The molecular weight excluding hydrogens is 230 g/mol. The molecule has 2 N–H and O–H groups in total. The Morgan fingerprint density at radius 1 is 1.19 bits per heavy atom. The Balaban J connectivity index is 3.36. The fraction of sp³-hybridized carbons (Fsp3) is 0. The molecular formula is C3H2N7O6-. The number of hydrogen-bond acceptors (Lipinski definition) is 8. The second-order valence-corrected chi connectivity index (χ2v) is 2.29. The summed E-state index contributed by atoms with van der Waals surface area (Å²) in [5, 5.41) is 32.3. The fourth-order valence-electron chi connectivity index (χ4n) is 0.836. The molecule has 16 heavy (non-hydrogen) atoms. The minimum Gasteiger partial charge on any atom is -0.388 e. The van der Waals surface area contributed by atoms with Gasteiger partial charge in [0.05, 0.1) is 0 Å². The van der Waals surface area contributed by atoms with Crippen molar-refractivity contribution >= 4 is 17.3 Å². The molecule has 13 heteroatoms.